The van der Waals surface area contributed by atoms with Crippen LogP contribution in [0, 0.1) is 13.8 Å². The molecule has 0 spiro atoms. The van der Waals surface area contributed by atoms with Gasteiger partial charge in [0, 0.05) is 23.3 Å². The van der Waals surface area contributed by atoms with Crippen molar-refractivity contribution in [1.82, 2.24) is 14.9 Å². The Morgan fingerprint density at radius 3 is 2.59 bits per heavy atom. The average Bonchev–Trinajstić information content (AvgIpc) is 3.50. The molecule has 0 bridgehead atoms. The summed E-state index contributed by atoms with van der Waals surface area (Å²) in [6.07, 6.45) is 3.51. The lowest BCUT2D eigenvalue weighted by molar-refractivity contribution is 0.475. The van der Waals surface area contributed by atoms with Gasteiger partial charge in [0.25, 0.3) is 0 Å². The normalized spacial score (nSPS) is 18.2. The minimum absolute atomic E-state index is 0.0986. The van der Waals surface area contributed by atoms with Crippen LogP contribution in [0.5, 0.6) is 5.75 Å². The van der Waals surface area contributed by atoms with Crippen molar-refractivity contribution in [2.75, 3.05) is 4.90 Å². The summed E-state index contributed by atoms with van der Waals surface area (Å²) in [5.41, 5.74) is 5.32. The second-order valence-electron chi connectivity index (χ2n) is 8.00. The van der Waals surface area contributed by atoms with E-state index in [1.165, 1.54) is 5.56 Å². The molecular formula is C25H24N4O2S. The van der Waals surface area contributed by atoms with Crippen molar-refractivity contribution in [3.63, 3.8) is 0 Å². The number of benzene rings is 1. The van der Waals surface area contributed by atoms with E-state index >= 15 is 0 Å². The number of hydrogen-bond donors (Lipinski definition) is 2. The van der Waals surface area contributed by atoms with Crippen LogP contribution in [0.1, 0.15) is 40.5 Å². The van der Waals surface area contributed by atoms with E-state index in [2.05, 4.69) is 39.7 Å². The van der Waals surface area contributed by atoms with E-state index in [9.17, 15) is 5.11 Å². The van der Waals surface area contributed by atoms with Crippen molar-refractivity contribution in [3.05, 3.63) is 102 Å². The highest BCUT2D eigenvalue weighted by molar-refractivity contribution is 7.80. The number of aromatic nitrogens is 2. The van der Waals surface area contributed by atoms with E-state index in [1.807, 2.05) is 42.5 Å². The molecule has 2 N–H and O–H groups in total. The molecule has 1 saturated heterocycles. The van der Waals surface area contributed by atoms with Gasteiger partial charge in [-0.25, -0.2) is 0 Å². The molecule has 0 aliphatic carbocycles. The summed E-state index contributed by atoms with van der Waals surface area (Å²) in [5.74, 6) is 1.14. The van der Waals surface area contributed by atoms with Crippen LogP contribution in [-0.2, 0) is 6.54 Å². The van der Waals surface area contributed by atoms with Crippen molar-refractivity contribution in [1.29, 1.82) is 0 Å². The van der Waals surface area contributed by atoms with Gasteiger partial charge in [0.2, 0.25) is 0 Å². The maximum absolute atomic E-state index is 9.80. The number of aromatic hydroxyl groups is 1. The Morgan fingerprint density at radius 2 is 1.91 bits per heavy atom. The Bertz CT molecular complexity index is 1230. The van der Waals surface area contributed by atoms with Crippen LogP contribution in [0.2, 0.25) is 0 Å². The molecule has 4 aromatic rings. The number of furan rings is 1. The van der Waals surface area contributed by atoms with Crippen molar-refractivity contribution in [3.8, 4) is 5.75 Å². The molecular weight excluding hydrogens is 420 g/mol. The molecule has 0 saturated carbocycles. The fourth-order valence-corrected chi connectivity index (χ4v) is 4.84. The third-order valence-electron chi connectivity index (χ3n) is 6.05. The Kier molecular flexibility index (Phi) is 5.19. The number of phenolic OH excluding ortho intramolecular Hbond substituents is 1. The highest BCUT2D eigenvalue weighted by Gasteiger charge is 2.42. The number of nitrogens with one attached hydrogen (secondary N) is 1. The molecule has 0 unspecified atom stereocenters. The molecule has 3 aromatic heterocycles. The summed E-state index contributed by atoms with van der Waals surface area (Å²) < 4.78 is 7.86. The van der Waals surface area contributed by atoms with E-state index in [-0.39, 0.29) is 17.8 Å². The van der Waals surface area contributed by atoms with Crippen LogP contribution < -0.4 is 10.2 Å². The number of phenols is 1. The number of thiocarbonyl (C=S) groups is 1. The van der Waals surface area contributed by atoms with Crippen molar-refractivity contribution < 1.29 is 9.52 Å². The Balaban J connectivity index is 1.62. The fourth-order valence-electron chi connectivity index (χ4n) is 4.49. The van der Waals surface area contributed by atoms with Gasteiger partial charge in [-0.3, -0.25) is 4.98 Å². The highest BCUT2D eigenvalue weighted by atomic mass is 32.1. The van der Waals surface area contributed by atoms with Crippen LogP contribution in [0.3, 0.4) is 0 Å². The maximum Gasteiger partial charge on any atom is 0.174 e. The molecule has 32 heavy (non-hydrogen) atoms. The van der Waals surface area contributed by atoms with Crippen LogP contribution in [0.15, 0.2) is 77.5 Å². The topological polar surface area (TPSA) is 66.5 Å². The zero-order valence-electron chi connectivity index (χ0n) is 17.9. The molecule has 0 amide bonds. The third-order valence-corrected chi connectivity index (χ3v) is 6.37. The molecule has 5 rings (SSSR count). The van der Waals surface area contributed by atoms with Crippen LogP contribution >= 0.6 is 12.2 Å². The molecule has 4 heterocycles. The summed E-state index contributed by atoms with van der Waals surface area (Å²) in [5, 5.41) is 13.9. The van der Waals surface area contributed by atoms with Gasteiger partial charge >= 0.3 is 0 Å². The lowest BCUT2D eigenvalue weighted by Crippen LogP contribution is -2.29. The number of anilines is 1. The molecule has 1 aliphatic rings. The Hall–Kier alpha value is -3.58. The van der Waals surface area contributed by atoms with Crippen LogP contribution in [-0.4, -0.2) is 19.8 Å². The first-order chi connectivity index (χ1) is 15.5. The van der Waals surface area contributed by atoms with Crippen molar-refractivity contribution in [2.24, 2.45) is 0 Å². The third kappa shape index (κ3) is 3.54. The number of aryl methyl sites for hydroxylation is 1. The maximum atomic E-state index is 9.80. The molecule has 6 nitrogen and oxygen atoms in total. The first-order valence-corrected chi connectivity index (χ1v) is 10.9. The van der Waals surface area contributed by atoms with Gasteiger partial charge in [-0.05, 0) is 86.2 Å². The molecule has 1 aliphatic heterocycles. The predicted octanol–water partition coefficient (Wildman–Crippen LogP) is 5.02. The van der Waals surface area contributed by atoms with E-state index in [4.69, 9.17) is 16.6 Å². The first-order valence-electron chi connectivity index (χ1n) is 10.5. The summed E-state index contributed by atoms with van der Waals surface area (Å²) >= 11 is 5.79. The number of hydrogen-bond acceptors (Lipinski definition) is 4. The zero-order valence-corrected chi connectivity index (χ0v) is 18.7. The first kappa shape index (κ1) is 20.3. The second-order valence-corrected chi connectivity index (χ2v) is 8.39. The van der Waals surface area contributed by atoms with Gasteiger partial charge in [-0.1, -0.05) is 6.07 Å². The summed E-state index contributed by atoms with van der Waals surface area (Å²) in [6, 6.07) is 19.0. The van der Waals surface area contributed by atoms with Gasteiger partial charge in [0.1, 0.15) is 11.5 Å². The fraction of sp³-hybridized carbons (Fsp3) is 0.200. The van der Waals surface area contributed by atoms with Gasteiger partial charge in [-0.2, -0.15) is 0 Å². The van der Waals surface area contributed by atoms with Crippen molar-refractivity contribution >= 4 is 23.0 Å². The minimum atomic E-state index is -0.116. The smallest absolute Gasteiger partial charge is 0.174 e. The number of nitrogens with zero attached hydrogens (tertiary/aromatic N) is 3. The van der Waals surface area contributed by atoms with Crippen LogP contribution in [0.4, 0.5) is 5.69 Å². The largest absolute Gasteiger partial charge is 0.508 e. The summed E-state index contributed by atoms with van der Waals surface area (Å²) in [7, 11) is 0. The van der Waals surface area contributed by atoms with Gasteiger partial charge < -0.3 is 24.3 Å². The van der Waals surface area contributed by atoms with E-state index in [0.29, 0.717) is 11.7 Å². The van der Waals surface area contributed by atoms with Crippen molar-refractivity contribution in [2.45, 2.75) is 32.5 Å². The molecule has 0 radical (unpaired) electrons. The van der Waals surface area contributed by atoms with Gasteiger partial charge in [-0.15, -0.1) is 0 Å². The number of pyridine rings is 1. The second kappa shape index (κ2) is 8.16. The Labute approximate surface area is 192 Å². The molecule has 7 heteroatoms. The summed E-state index contributed by atoms with van der Waals surface area (Å²) in [4.78, 5) is 6.74. The lowest BCUT2D eigenvalue weighted by Gasteiger charge is -2.28. The highest BCUT2D eigenvalue weighted by Crippen LogP contribution is 2.43. The molecule has 1 fully saturated rings. The molecule has 1 aromatic carbocycles. The Morgan fingerprint density at radius 1 is 1.09 bits per heavy atom. The van der Waals surface area contributed by atoms with E-state index < -0.39 is 0 Å². The quantitative estimate of drug-likeness (QED) is 0.421. The minimum Gasteiger partial charge on any atom is -0.508 e. The van der Waals surface area contributed by atoms with Gasteiger partial charge in [0.05, 0.1) is 30.6 Å². The summed E-state index contributed by atoms with van der Waals surface area (Å²) in [6.45, 7) is 4.92. The van der Waals surface area contributed by atoms with E-state index in [0.717, 1.165) is 28.5 Å². The lowest BCUT2D eigenvalue weighted by atomic mass is 9.96. The SMILES string of the molecule is Cc1cc([C@@H]2[C@@H](c3ccccn3)NC(=S)N2c2ccc(O)cc2)c(C)n1Cc1ccco1. The van der Waals surface area contributed by atoms with Gasteiger partial charge in [0.15, 0.2) is 5.11 Å². The molecule has 162 valence electrons. The average molecular weight is 445 g/mol. The zero-order chi connectivity index (χ0) is 22.2. The standard InChI is InChI=1S/C25H24N4O2S/c1-16-14-21(17(2)28(16)15-20-6-5-13-31-20)24-23(22-7-3-4-12-26-22)27-25(32)29(24)18-8-10-19(30)11-9-18/h3-14,23-24,30H,15H2,1-2H3,(H,27,32)/t23-,24-/m1/s1. The molecule has 2 atom stereocenters. The predicted molar refractivity (Wildman–Crippen MR) is 128 cm³/mol. The van der Waals surface area contributed by atoms with Crippen LogP contribution in [0.25, 0.3) is 0 Å². The number of rotatable bonds is 5. The van der Waals surface area contributed by atoms with E-state index in [1.54, 1.807) is 24.6 Å². The monoisotopic (exact) mass is 444 g/mol.